The molecule has 0 aliphatic rings. The number of allylic oxidation sites excluding steroid dienone is 1. The molecule has 0 fully saturated rings. The number of carboxylic acids is 1. The van der Waals surface area contributed by atoms with Gasteiger partial charge < -0.3 is 19.6 Å². The highest BCUT2D eigenvalue weighted by molar-refractivity contribution is 6.01. The number of carboxylic acid groups (broad SMARTS) is 1. The Morgan fingerprint density at radius 1 is 1.11 bits per heavy atom. The molecule has 4 aromatic rings. The number of halogens is 1. The zero-order valence-electron chi connectivity index (χ0n) is 19.2. The van der Waals surface area contributed by atoms with E-state index in [9.17, 15) is 19.1 Å². The van der Waals surface area contributed by atoms with Crippen molar-refractivity contribution in [3.8, 4) is 16.9 Å². The van der Waals surface area contributed by atoms with E-state index in [1.165, 1.54) is 25.3 Å². The SMILES string of the molecule is COc1cc2occ(-c3ccc(F)cc3)c2cc1/C(C)=C/C(=O)NC(Cc1ccccc1)C(=O)O. The number of ether oxygens (including phenoxy) is 1. The number of hydrogen-bond donors (Lipinski definition) is 2. The van der Waals surface area contributed by atoms with Gasteiger partial charge >= 0.3 is 5.97 Å². The summed E-state index contributed by atoms with van der Waals surface area (Å²) in [5.74, 6) is -1.48. The first-order chi connectivity index (χ1) is 16.9. The molecule has 3 aromatic carbocycles. The normalized spacial score (nSPS) is 12.4. The third-order valence-electron chi connectivity index (χ3n) is 5.72. The zero-order chi connectivity index (χ0) is 24.9. The molecule has 1 amide bonds. The van der Waals surface area contributed by atoms with Gasteiger partial charge in [0.25, 0.3) is 0 Å². The molecule has 178 valence electrons. The maximum atomic E-state index is 13.4. The van der Waals surface area contributed by atoms with Gasteiger partial charge in [-0.05, 0) is 41.8 Å². The number of nitrogens with one attached hydrogen (secondary N) is 1. The lowest BCUT2D eigenvalue weighted by atomic mass is 9.99. The molecular formula is C28H24FNO5. The summed E-state index contributed by atoms with van der Waals surface area (Å²) in [6.45, 7) is 1.74. The van der Waals surface area contributed by atoms with Crippen molar-refractivity contribution in [2.45, 2.75) is 19.4 Å². The van der Waals surface area contributed by atoms with Gasteiger partial charge in [-0.2, -0.15) is 0 Å². The fourth-order valence-electron chi connectivity index (χ4n) is 3.92. The van der Waals surface area contributed by atoms with Crippen LogP contribution < -0.4 is 10.1 Å². The summed E-state index contributed by atoms with van der Waals surface area (Å²) in [5, 5.41) is 12.9. The molecule has 35 heavy (non-hydrogen) atoms. The maximum absolute atomic E-state index is 13.4. The van der Waals surface area contributed by atoms with E-state index in [2.05, 4.69) is 5.32 Å². The highest BCUT2D eigenvalue weighted by Crippen LogP contribution is 2.37. The van der Waals surface area contributed by atoms with Crippen LogP contribution in [-0.4, -0.2) is 30.1 Å². The largest absolute Gasteiger partial charge is 0.496 e. The topological polar surface area (TPSA) is 88.8 Å². The molecule has 0 radical (unpaired) electrons. The second kappa shape index (κ2) is 10.3. The van der Waals surface area contributed by atoms with E-state index in [4.69, 9.17) is 9.15 Å². The van der Waals surface area contributed by atoms with Crippen LogP contribution in [0.1, 0.15) is 18.1 Å². The minimum atomic E-state index is -1.12. The van der Waals surface area contributed by atoms with Crippen molar-refractivity contribution in [2.24, 2.45) is 0 Å². The number of hydrogen-bond acceptors (Lipinski definition) is 4. The summed E-state index contributed by atoms with van der Waals surface area (Å²) in [6.07, 6.45) is 3.11. The van der Waals surface area contributed by atoms with Crippen LogP contribution in [0.15, 0.2) is 83.5 Å². The number of rotatable bonds is 8. The van der Waals surface area contributed by atoms with E-state index in [-0.39, 0.29) is 12.2 Å². The van der Waals surface area contributed by atoms with E-state index in [1.807, 2.05) is 36.4 Å². The van der Waals surface area contributed by atoms with Crippen LogP contribution in [0.25, 0.3) is 27.7 Å². The molecular weight excluding hydrogens is 449 g/mol. The summed E-state index contributed by atoms with van der Waals surface area (Å²) in [6, 6.07) is 17.7. The van der Waals surface area contributed by atoms with Crippen molar-refractivity contribution in [2.75, 3.05) is 7.11 Å². The van der Waals surface area contributed by atoms with Crippen LogP contribution in [0.4, 0.5) is 4.39 Å². The lowest BCUT2D eigenvalue weighted by Crippen LogP contribution is -2.41. The van der Waals surface area contributed by atoms with Gasteiger partial charge in [-0.1, -0.05) is 42.5 Å². The summed E-state index contributed by atoms with van der Waals surface area (Å²) >= 11 is 0. The van der Waals surface area contributed by atoms with Crippen molar-refractivity contribution in [1.82, 2.24) is 5.32 Å². The Morgan fingerprint density at radius 3 is 2.49 bits per heavy atom. The van der Waals surface area contributed by atoms with Gasteiger partial charge in [-0.3, -0.25) is 4.79 Å². The number of amides is 1. The standard InChI is InChI=1S/C28H24FNO5/c1-17(12-27(31)30-24(28(32)33)13-18-6-4-3-5-7-18)21-14-22-23(19-8-10-20(29)11-9-19)16-35-26(22)15-25(21)34-2/h3-12,14-16,24H,13H2,1-2H3,(H,30,31)(H,32,33)/b17-12+. The van der Waals surface area contributed by atoms with E-state index in [0.29, 0.717) is 22.5 Å². The number of carbonyl (C=O) groups excluding carboxylic acids is 1. The summed E-state index contributed by atoms with van der Waals surface area (Å²) < 4.78 is 24.6. The van der Waals surface area contributed by atoms with Gasteiger partial charge in [0.2, 0.25) is 5.91 Å². The fourth-order valence-corrected chi connectivity index (χ4v) is 3.92. The summed E-state index contributed by atoms with van der Waals surface area (Å²) in [5.41, 5.74) is 4.17. The Morgan fingerprint density at radius 2 is 1.83 bits per heavy atom. The number of furan rings is 1. The highest BCUT2D eigenvalue weighted by Gasteiger charge is 2.20. The molecule has 1 unspecified atom stereocenters. The molecule has 6 nitrogen and oxygen atoms in total. The molecule has 0 aliphatic carbocycles. The second-order valence-corrected chi connectivity index (χ2v) is 8.12. The van der Waals surface area contributed by atoms with Crippen LogP contribution in [0.3, 0.4) is 0 Å². The predicted octanol–water partition coefficient (Wildman–Crippen LogP) is 5.46. The molecule has 0 bridgehead atoms. The first-order valence-electron chi connectivity index (χ1n) is 11.0. The van der Waals surface area contributed by atoms with Gasteiger partial charge in [-0.15, -0.1) is 0 Å². The third kappa shape index (κ3) is 5.41. The van der Waals surface area contributed by atoms with Crippen molar-refractivity contribution in [3.05, 3.63) is 96.0 Å². The Kier molecular flexibility index (Phi) is 6.96. The minimum absolute atomic E-state index is 0.167. The van der Waals surface area contributed by atoms with Crippen LogP contribution in [-0.2, 0) is 16.0 Å². The zero-order valence-corrected chi connectivity index (χ0v) is 19.2. The van der Waals surface area contributed by atoms with Crippen molar-refractivity contribution in [3.63, 3.8) is 0 Å². The Hall–Kier alpha value is -4.39. The maximum Gasteiger partial charge on any atom is 0.326 e. The quantitative estimate of drug-likeness (QED) is 0.332. The molecule has 1 atom stereocenters. The molecule has 0 aliphatic heterocycles. The van der Waals surface area contributed by atoms with E-state index in [0.717, 1.165) is 22.1 Å². The average molecular weight is 474 g/mol. The smallest absolute Gasteiger partial charge is 0.326 e. The van der Waals surface area contributed by atoms with Gasteiger partial charge in [0.05, 0.1) is 13.4 Å². The van der Waals surface area contributed by atoms with Crippen LogP contribution in [0, 0.1) is 5.82 Å². The predicted molar refractivity (Wildman–Crippen MR) is 132 cm³/mol. The fraction of sp³-hybridized carbons (Fsp3) is 0.143. The number of carbonyl (C=O) groups is 2. The Labute approximate surface area is 201 Å². The van der Waals surface area contributed by atoms with E-state index in [1.54, 1.807) is 31.4 Å². The van der Waals surface area contributed by atoms with Crippen LogP contribution in [0.2, 0.25) is 0 Å². The molecule has 0 saturated heterocycles. The molecule has 0 saturated carbocycles. The number of methoxy groups -OCH3 is 1. The van der Waals surface area contributed by atoms with Gasteiger partial charge in [0.15, 0.2) is 0 Å². The van der Waals surface area contributed by atoms with Gasteiger partial charge in [0, 0.05) is 35.1 Å². The van der Waals surface area contributed by atoms with Crippen molar-refractivity contribution < 1.29 is 28.2 Å². The van der Waals surface area contributed by atoms with Gasteiger partial charge in [-0.25, -0.2) is 9.18 Å². The molecule has 2 N–H and O–H groups in total. The molecule has 1 aromatic heterocycles. The first kappa shape index (κ1) is 23.8. The van der Waals surface area contributed by atoms with Crippen LogP contribution >= 0.6 is 0 Å². The average Bonchev–Trinajstić information content (AvgIpc) is 3.26. The molecule has 0 spiro atoms. The minimum Gasteiger partial charge on any atom is -0.496 e. The lowest BCUT2D eigenvalue weighted by Gasteiger charge is -2.14. The molecule has 1 heterocycles. The first-order valence-corrected chi connectivity index (χ1v) is 11.0. The monoisotopic (exact) mass is 473 g/mol. The second-order valence-electron chi connectivity index (χ2n) is 8.12. The van der Waals surface area contributed by atoms with Crippen LogP contribution in [0.5, 0.6) is 5.75 Å². The van der Waals surface area contributed by atoms with E-state index < -0.39 is 17.9 Å². The number of benzene rings is 3. The third-order valence-corrected chi connectivity index (χ3v) is 5.72. The number of aliphatic carboxylic acids is 1. The van der Waals surface area contributed by atoms with Gasteiger partial charge in [0.1, 0.15) is 23.2 Å². The summed E-state index contributed by atoms with van der Waals surface area (Å²) in [7, 11) is 1.52. The van der Waals surface area contributed by atoms with Crippen molar-refractivity contribution >= 4 is 28.4 Å². The van der Waals surface area contributed by atoms with Crippen molar-refractivity contribution in [1.29, 1.82) is 0 Å². The highest BCUT2D eigenvalue weighted by atomic mass is 19.1. The summed E-state index contributed by atoms with van der Waals surface area (Å²) in [4.78, 5) is 24.4. The molecule has 4 rings (SSSR count). The molecule has 7 heteroatoms. The van der Waals surface area contributed by atoms with E-state index >= 15 is 0 Å². The lowest BCUT2D eigenvalue weighted by molar-refractivity contribution is -0.141. The Bertz CT molecular complexity index is 1390. The Balaban J connectivity index is 1.63. The number of fused-ring (bicyclic) bond motifs is 1.